The third kappa shape index (κ3) is 8.11. The highest BCUT2D eigenvalue weighted by atomic mass is 16.2. The van der Waals surface area contributed by atoms with Crippen LogP contribution in [-0.4, -0.2) is 84.9 Å². The van der Waals surface area contributed by atoms with Crippen LogP contribution < -0.4 is 10.6 Å². The SMILES string of the molecule is CC(C)NC(=O)CN1CCN(C(=O)CCNC(=O)N(C)Cc2ccccc2)CC1. The van der Waals surface area contributed by atoms with Crippen molar-refractivity contribution in [3.8, 4) is 0 Å². The van der Waals surface area contributed by atoms with E-state index in [2.05, 4.69) is 15.5 Å². The van der Waals surface area contributed by atoms with Crippen molar-refractivity contribution in [1.29, 1.82) is 0 Å². The first-order valence-electron chi connectivity index (χ1n) is 10.2. The van der Waals surface area contributed by atoms with Crippen molar-refractivity contribution in [2.75, 3.05) is 46.3 Å². The zero-order valence-electron chi connectivity index (χ0n) is 17.7. The molecule has 2 rings (SSSR count). The summed E-state index contributed by atoms with van der Waals surface area (Å²) in [5.74, 6) is 0.0457. The number of rotatable bonds is 8. The lowest BCUT2D eigenvalue weighted by atomic mass is 10.2. The molecule has 8 heteroatoms. The van der Waals surface area contributed by atoms with Gasteiger partial charge in [0.15, 0.2) is 0 Å². The van der Waals surface area contributed by atoms with E-state index in [1.165, 1.54) is 0 Å². The molecule has 0 atom stereocenters. The Morgan fingerprint density at radius 2 is 1.72 bits per heavy atom. The summed E-state index contributed by atoms with van der Waals surface area (Å²) in [7, 11) is 1.73. The van der Waals surface area contributed by atoms with Gasteiger partial charge in [0.2, 0.25) is 11.8 Å². The highest BCUT2D eigenvalue weighted by Gasteiger charge is 2.22. The summed E-state index contributed by atoms with van der Waals surface area (Å²) in [6, 6.07) is 9.70. The third-order valence-corrected chi connectivity index (χ3v) is 4.77. The zero-order chi connectivity index (χ0) is 21.2. The minimum atomic E-state index is -0.192. The van der Waals surface area contributed by atoms with Gasteiger partial charge in [-0.25, -0.2) is 4.79 Å². The topological polar surface area (TPSA) is 85.0 Å². The predicted octanol–water partition coefficient (Wildman–Crippen LogP) is 0.887. The predicted molar refractivity (Wildman–Crippen MR) is 112 cm³/mol. The second-order valence-electron chi connectivity index (χ2n) is 7.70. The molecule has 0 radical (unpaired) electrons. The number of urea groups is 1. The van der Waals surface area contributed by atoms with Crippen molar-refractivity contribution < 1.29 is 14.4 Å². The van der Waals surface area contributed by atoms with Gasteiger partial charge in [0.25, 0.3) is 0 Å². The molecule has 1 heterocycles. The second-order valence-corrected chi connectivity index (χ2v) is 7.70. The Balaban J connectivity index is 1.63. The van der Waals surface area contributed by atoms with E-state index in [0.717, 1.165) is 5.56 Å². The average Bonchev–Trinajstić information content (AvgIpc) is 2.68. The number of nitrogens with zero attached hydrogens (tertiary/aromatic N) is 3. The highest BCUT2D eigenvalue weighted by molar-refractivity contribution is 5.79. The van der Waals surface area contributed by atoms with Gasteiger partial charge < -0.3 is 20.4 Å². The van der Waals surface area contributed by atoms with Crippen molar-refractivity contribution >= 4 is 17.8 Å². The minimum Gasteiger partial charge on any atom is -0.353 e. The van der Waals surface area contributed by atoms with E-state index in [0.29, 0.717) is 45.8 Å². The van der Waals surface area contributed by atoms with Gasteiger partial charge in [0.1, 0.15) is 0 Å². The van der Waals surface area contributed by atoms with E-state index in [-0.39, 0.29) is 30.3 Å². The first-order valence-corrected chi connectivity index (χ1v) is 10.2. The largest absolute Gasteiger partial charge is 0.353 e. The first-order chi connectivity index (χ1) is 13.8. The maximum absolute atomic E-state index is 12.4. The van der Waals surface area contributed by atoms with Gasteiger partial charge in [0.05, 0.1) is 6.54 Å². The van der Waals surface area contributed by atoms with Crippen LogP contribution in [0.4, 0.5) is 4.79 Å². The molecule has 8 nitrogen and oxygen atoms in total. The highest BCUT2D eigenvalue weighted by Crippen LogP contribution is 2.05. The molecule has 0 aliphatic carbocycles. The Labute approximate surface area is 173 Å². The van der Waals surface area contributed by atoms with Crippen molar-refractivity contribution in [2.45, 2.75) is 32.9 Å². The van der Waals surface area contributed by atoms with E-state index in [9.17, 15) is 14.4 Å². The molecule has 1 saturated heterocycles. The summed E-state index contributed by atoms with van der Waals surface area (Å²) < 4.78 is 0. The van der Waals surface area contributed by atoms with Gasteiger partial charge >= 0.3 is 6.03 Å². The molecule has 1 fully saturated rings. The van der Waals surface area contributed by atoms with E-state index in [1.54, 1.807) is 16.8 Å². The smallest absolute Gasteiger partial charge is 0.317 e. The van der Waals surface area contributed by atoms with Crippen molar-refractivity contribution in [1.82, 2.24) is 25.3 Å². The fourth-order valence-corrected chi connectivity index (χ4v) is 3.22. The Morgan fingerprint density at radius 3 is 2.34 bits per heavy atom. The Hall–Kier alpha value is -2.61. The number of benzene rings is 1. The molecule has 29 heavy (non-hydrogen) atoms. The number of piperazine rings is 1. The molecule has 1 aliphatic rings. The summed E-state index contributed by atoms with van der Waals surface area (Å²) in [5.41, 5.74) is 1.06. The zero-order valence-corrected chi connectivity index (χ0v) is 17.7. The molecular weight excluding hydrogens is 370 g/mol. The number of amides is 4. The molecular formula is C21H33N5O3. The second kappa shape index (κ2) is 11.4. The van der Waals surface area contributed by atoms with Crippen molar-refractivity contribution in [3.63, 3.8) is 0 Å². The maximum atomic E-state index is 12.4. The molecule has 2 N–H and O–H groups in total. The van der Waals surface area contributed by atoms with Crippen LogP contribution in [0, 0.1) is 0 Å². The molecule has 0 aromatic heterocycles. The number of hydrogen-bond donors (Lipinski definition) is 2. The van der Waals surface area contributed by atoms with Crippen LogP contribution in [0.5, 0.6) is 0 Å². The van der Waals surface area contributed by atoms with Gasteiger partial charge in [-0.2, -0.15) is 0 Å². The van der Waals surface area contributed by atoms with E-state index >= 15 is 0 Å². The molecule has 0 unspecified atom stereocenters. The Morgan fingerprint density at radius 1 is 1.07 bits per heavy atom. The first kappa shape index (κ1) is 22.7. The quantitative estimate of drug-likeness (QED) is 0.675. The summed E-state index contributed by atoms with van der Waals surface area (Å²) >= 11 is 0. The van der Waals surface area contributed by atoms with Crippen LogP contribution in [0.1, 0.15) is 25.8 Å². The molecule has 0 spiro atoms. The summed E-state index contributed by atoms with van der Waals surface area (Å²) in [6.45, 7) is 7.66. The normalized spacial score (nSPS) is 14.6. The molecule has 0 saturated carbocycles. The molecule has 1 aromatic carbocycles. The number of hydrogen-bond acceptors (Lipinski definition) is 4. The van der Waals surface area contributed by atoms with Crippen LogP contribution in [0.25, 0.3) is 0 Å². The monoisotopic (exact) mass is 403 g/mol. The lowest BCUT2D eigenvalue weighted by Crippen LogP contribution is -2.52. The van der Waals surface area contributed by atoms with Crippen molar-refractivity contribution in [2.24, 2.45) is 0 Å². The lowest BCUT2D eigenvalue weighted by molar-refractivity contribution is -0.133. The van der Waals surface area contributed by atoms with Gasteiger partial charge in [-0.1, -0.05) is 30.3 Å². The number of carbonyl (C=O) groups is 3. The summed E-state index contributed by atoms with van der Waals surface area (Å²) in [6.07, 6.45) is 0.277. The van der Waals surface area contributed by atoms with Gasteiger partial charge in [-0.3, -0.25) is 14.5 Å². The summed E-state index contributed by atoms with van der Waals surface area (Å²) in [5, 5.41) is 5.68. The minimum absolute atomic E-state index is 0.0158. The van der Waals surface area contributed by atoms with Gasteiger partial charge in [-0.15, -0.1) is 0 Å². The lowest BCUT2D eigenvalue weighted by Gasteiger charge is -2.34. The van der Waals surface area contributed by atoms with Crippen LogP contribution in [0.15, 0.2) is 30.3 Å². The Kier molecular flexibility index (Phi) is 8.92. The van der Waals surface area contributed by atoms with Crippen LogP contribution >= 0.6 is 0 Å². The average molecular weight is 404 g/mol. The summed E-state index contributed by atoms with van der Waals surface area (Å²) in [4.78, 5) is 41.8. The fraction of sp³-hybridized carbons (Fsp3) is 0.571. The molecule has 0 bridgehead atoms. The number of nitrogens with one attached hydrogen (secondary N) is 2. The maximum Gasteiger partial charge on any atom is 0.317 e. The van der Waals surface area contributed by atoms with Crippen LogP contribution in [-0.2, 0) is 16.1 Å². The number of carbonyl (C=O) groups excluding carboxylic acids is 3. The molecule has 1 aromatic rings. The van der Waals surface area contributed by atoms with E-state index in [4.69, 9.17) is 0 Å². The third-order valence-electron chi connectivity index (χ3n) is 4.77. The Bertz CT molecular complexity index is 672. The van der Waals surface area contributed by atoms with Crippen molar-refractivity contribution in [3.05, 3.63) is 35.9 Å². The van der Waals surface area contributed by atoms with Gasteiger partial charge in [0, 0.05) is 58.8 Å². The molecule has 160 valence electrons. The molecule has 1 aliphatic heterocycles. The van der Waals surface area contributed by atoms with Crippen LogP contribution in [0.2, 0.25) is 0 Å². The molecule has 4 amide bonds. The van der Waals surface area contributed by atoms with Crippen LogP contribution in [0.3, 0.4) is 0 Å². The standard InChI is InChI=1S/C21H33N5O3/c1-17(2)23-19(27)16-25-11-13-26(14-12-25)20(28)9-10-22-21(29)24(3)15-18-7-5-4-6-8-18/h4-8,17H,9-16H2,1-3H3,(H,22,29)(H,23,27). The van der Waals surface area contributed by atoms with E-state index < -0.39 is 0 Å². The van der Waals surface area contributed by atoms with Gasteiger partial charge in [-0.05, 0) is 19.4 Å². The van der Waals surface area contributed by atoms with E-state index in [1.807, 2.05) is 44.2 Å². The fourth-order valence-electron chi connectivity index (χ4n) is 3.22.